The van der Waals surface area contributed by atoms with Crippen molar-refractivity contribution in [1.29, 1.82) is 0 Å². The molecule has 1 aromatic heterocycles. The molecular weight excluding hydrogens is 396 g/mol. The van der Waals surface area contributed by atoms with E-state index in [4.69, 9.17) is 0 Å². The van der Waals surface area contributed by atoms with E-state index in [1.165, 1.54) is 0 Å². The normalized spacial score (nSPS) is 15.3. The Bertz CT molecular complexity index is 1100. The van der Waals surface area contributed by atoms with Crippen LogP contribution in [-0.2, 0) is 16.4 Å². The van der Waals surface area contributed by atoms with Gasteiger partial charge in [0, 0.05) is 31.7 Å². The van der Waals surface area contributed by atoms with Gasteiger partial charge in [0.15, 0.2) is 5.82 Å². The van der Waals surface area contributed by atoms with E-state index in [1.807, 2.05) is 42.5 Å². The summed E-state index contributed by atoms with van der Waals surface area (Å²) in [5.41, 5.74) is 4.20. The number of aryl methyl sites for hydroxylation is 2. The number of benzene rings is 2. The Balaban J connectivity index is 1.43. The van der Waals surface area contributed by atoms with E-state index in [-0.39, 0.29) is 0 Å². The maximum Gasteiger partial charge on any atom is 0.243 e. The minimum Gasteiger partial charge on any atom is -0.352 e. The highest BCUT2D eigenvalue weighted by Gasteiger charge is 2.29. The average Bonchev–Trinajstić information content (AvgIpc) is 2.80. The number of hydrogen-bond donors (Lipinski definition) is 0. The third-order valence-electron chi connectivity index (χ3n) is 5.60. The van der Waals surface area contributed by atoms with Crippen LogP contribution >= 0.6 is 0 Å². The molecule has 0 bridgehead atoms. The standard InChI is InChI=1S/C23H26N4O2S/c1-3-19-8-10-20(11-9-19)30(28,29)27-16-14-26(15-17-27)23-13-12-22(24-25-23)21-7-5-4-6-18(21)2/h4-13H,3,14-17H2,1-2H3. The van der Waals surface area contributed by atoms with E-state index in [9.17, 15) is 8.42 Å². The number of rotatable bonds is 5. The monoisotopic (exact) mass is 422 g/mol. The number of piperazine rings is 1. The molecule has 4 rings (SSSR count). The Labute approximate surface area is 178 Å². The van der Waals surface area contributed by atoms with Gasteiger partial charge in [-0.2, -0.15) is 4.31 Å². The zero-order valence-electron chi connectivity index (χ0n) is 17.3. The maximum atomic E-state index is 12.9. The van der Waals surface area contributed by atoms with E-state index >= 15 is 0 Å². The van der Waals surface area contributed by atoms with Gasteiger partial charge in [0.05, 0.1) is 10.6 Å². The molecule has 0 atom stereocenters. The molecule has 0 amide bonds. The molecule has 156 valence electrons. The van der Waals surface area contributed by atoms with Gasteiger partial charge < -0.3 is 4.90 Å². The molecule has 1 aliphatic rings. The van der Waals surface area contributed by atoms with Crippen molar-refractivity contribution in [2.45, 2.75) is 25.2 Å². The van der Waals surface area contributed by atoms with Crippen molar-refractivity contribution < 1.29 is 8.42 Å². The molecule has 1 fully saturated rings. The van der Waals surface area contributed by atoms with Crippen molar-refractivity contribution in [2.24, 2.45) is 0 Å². The van der Waals surface area contributed by atoms with Crippen LogP contribution in [0, 0.1) is 6.92 Å². The number of sulfonamides is 1. The molecule has 2 aromatic carbocycles. The Morgan fingerprint density at radius 2 is 1.57 bits per heavy atom. The van der Waals surface area contributed by atoms with Crippen molar-refractivity contribution in [1.82, 2.24) is 14.5 Å². The molecule has 2 heterocycles. The fraction of sp³-hybridized carbons (Fsp3) is 0.304. The topological polar surface area (TPSA) is 66.4 Å². The molecule has 0 spiro atoms. The minimum absolute atomic E-state index is 0.357. The summed E-state index contributed by atoms with van der Waals surface area (Å²) < 4.78 is 27.4. The van der Waals surface area contributed by atoms with Crippen molar-refractivity contribution in [2.75, 3.05) is 31.1 Å². The fourth-order valence-electron chi connectivity index (χ4n) is 3.70. The van der Waals surface area contributed by atoms with Crippen LogP contribution in [0.25, 0.3) is 11.3 Å². The molecule has 7 heteroatoms. The van der Waals surface area contributed by atoms with E-state index in [1.54, 1.807) is 16.4 Å². The SMILES string of the molecule is CCc1ccc(S(=O)(=O)N2CCN(c3ccc(-c4ccccc4C)nn3)CC2)cc1. The third-order valence-corrected chi connectivity index (χ3v) is 7.52. The lowest BCUT2D eigenvalue weighted by atomic mass is 10.1. The first-order chi connectivity index (χ1) is 14.5. The molecular formula is C23H26N4O2S. The van der Waals surface area contributed by atoms with Crippen LogP contribution in [0.15, 0.2) is 65.6 Å². The van der Waals surface area contributed by atoms with E-state index < -0.39 is 10.0 Å². The second-order valence-corrected chi connectivity index (χ2v) is 9.42. The van der Waals surface area contributed by atoms with Crippen molar-refractivity contribution in [3.8, 4) is 11.3 Å². The van der Waals surface area contributed by atoms with Gasteiger partial charge in [0.1, 0.15) is 0 Å². The summed E-state index contributed by atoms with van der Waals surface area (Å²) in [5.74, 6) is 0.775. The molecule has 6 nitrogen and oxygen atoms in total. The summed E-state index contributed by atoms with van der Waals surface area (Å²) in [7, 11) is -3.47. The molecule has 0 unspecified atom stereocenters. The average molecular weight is 423 g/mol. The Morgan fingerprint density at radius 1 is 0.867 bits per heavy atom. The fourth-order valence-corrected chi connectivity index (χ4v) is 5.12. The predicted molar refractivity (Wildman–Crippen MR) is 119 cm³/mol. The van der Waals surface area contributed by atoms with Gasteiger partial charge in [0.25, 0.3) is 0 Å². The zero-order chi connectivity index (χ0) is 21.1. The molecule has 3 aromatic rings. The molecule has 0 radical (unpaired) electrons. The third kappa shape index (κ3) is 4.08. The first-order valence-corrected chi connectivity index (χ1v) is 11.7. The number of nitrogens with zero attached hydrogens (tertiary/aromatic N) is 4. The Morgan fingerprint density at radius 3 is 2.17 bits per heavy atom. The van der Waals surface area contributed by atoms with Gasteiger partial charge in [-0.25, -0.2) is 8.42 Å². The maximum absolute atomic E-state index is 12.9. The van der Waals surface area contributed by atoms with Crippen molar-refractivity contribution in [3.63, 3.8) is 0 Å². The highest BCUT2D eigenvalue weighted by atomic mass is 32.2. The van der Waals surface area contributed by atoms with E-state index in [0.717, 1.165) is 34.6 Å². The van der Waals surface area contributed by atoms with Crippen LogP contribution in [-0.4, -0.2) is 49.1 Å². The highest BCUT2D eigenvalue weighted by Crippen LogP contribution is 2.23. The van der Waals surface area contributed by atoms with Crippen LogP contribution in [0.3, 0.4) is 0 Å². The van der Waals surface area contributed by atoms with Crippen LogP contribution < -0.4 is 4.90 Å². The molecule has 0 aliphatic carbocycles. The summed E-state index contributed by atoms with van der Waals surface area (Å²) >= 11 is 0. The lowest BCUT2D eigenvalue weighted by Gasteiger charge is -2.34. The summed E-state index contributed by atoms with van der Waals surface area (Å²) in [5, 5.41) is 8.79. The largest absolute Gasteiger partial charge is 0.352 e. The first kappa shape index (κ1) is 20.5. The Kier molecular flexibility index (Phi) is 5.83. The summed E-state index contributed by atoms with van der Waals surface area (Å²) in [4.78, 5) is 2.44. The molecule has 1 saturated heterocycles. The molecule has 30 heavy (non-hydrogen) atoms. The van der Waals surface area contributed by atoms with Crippen molar-refractivity contribution in [3.05, 3.63) is 71.8 Å². The number of aromatic nitrogens is 2. The molecule has 1 aliphatic heterocycles. The second kappa shape index (κ2) is 8.53. The van der Waals surface area contributed by atoms with Gasteiger partial charge in [-0.3, -0.25) is 0 Å². The second-order valence-electron chi connectivity index (χ2n) is 7.48. The van der Waals surface area contributed by atoms with Crippen LogP contribution in [0.1, 0.15) is 18.1 Å². The minimum atomic E-state index is -3.47. The Hall–Kier alpha value is -2.77. The number of anilines is 1. The lowest BCUT2D eigenvalue weighted by molar-refractivity contribution is 0.383. The zero-order valence-corrected chi connectivity index (χ0v) is 18.1. The highest BCUT2D eigenvalue weighted by molar-refractivity contribution is 7.89. The van der Waals surface area contributed by atoms with Gasteiger partial charge in [-0.15, -0.1) is 10.2 Å². The van der Waals surface area contributed by atoms with E-state index in [0.29, 0.717) is 31.1 Å². The van der Waals surface area contributed by atoms with Crippen LogP contribution in [0.4, 0.5) is 5.82 Å². The quantitative estimate of drug-likeness (QED) is 0.629. The summed E-state index contributed by atoms with van der Waals surface area (Å²) in [6.45, 7) is 6.15. The van der Waals surface area contributed by atoms with Crippen molar-refractivity contribution >= 4 is 15.8 Å². The van der Waals surface area contributed by atoms with Crippen LogP contribution in [0.5, 0.6) is 0 Å². The smallest absolute Gasteiger partial charge is 0.243 e. The first-order valence-electron chi connectivity index (χ1n) is 10.2. The number of hydrogen-bond acceptors (Lipinski definition) is 5. The lowest BCUT2D eigenvalue weighted by Crippen LogP contribution is -2.49. The van der Waals surface area contributed by atoms with E-state index in [2.05, 4.69) is 35.0 Å². The summed E-state index contributed by atoms with van der Waals surface area (Å²) in [6, 6.07) is 19.2. The summed E-state index contributed by atoms with van der Waals surface area (Å²) in [6.07, 6.45) is 0.892. The van der Waals surface area contributed by atoms with Gasteiger partial charge in [-0.1, -0.05) is 43.3 Å². The van der Waals surface area contributed by atoms with Gasteiger partial charge >= 0.3 is 0 Å². The predicted octanol–water partition coefficient (Wildman–Crippen LogP) is 3.53. The van der Waals surface area contributed by atoms with Crippen LogP contribution in [0.2, 0.25) is 0 Å². The van der Waals surface area contributed by atoms with Gasteiger partial charge in [0.2, 0.25) is 10.0 Å². The van der Waals surface area contributed by atoms with Gasteiger partial charge in [-0.05, 0) is 48.7 Å². The molecule has 0 saturated carbocycles. The molecule has 0 N–H and O–H groups in total.